The zero-order valence-electron chi connectivity index (χ0n) is 18.9. The van der Waals surface area contributed by atoms with E-state index in [4.69, 9.17) is 13.9 Å². The molecule has 0 spiro atoms. The first kappa shape index (κ1) is 23.0. The lowest BCUT2D eigenvalue weighted by molar-refractivity contribution is -0.137. The molecule has 0 bridgehead atoms. The summed E-state index contributed by atoms with van der Waals surface area (Å²) in [6, 6.07) is 20.4. The van der Waals surface area contributed by atoms with Crippen molar-refractivity contribution in [2.45, 2.75) is 32.9 Å². The molecule has 7 heteroatoms. The van der Waals surface area contributed by atoms with Crippen molar-refractivity contribution in [3.05, 3.63) is 88.8 Å². The maximum Gasteiger partial charge on any atom is 0.408 e. The number of rotatable bonds is 7. The largest absolute Gasteiger partial charge is 0.445 e. The lowest BCUT2D eigenvalue weighted by Crippen LogP contribution is -2.44. The van der Waals surface area contributed by atoms with Crippen molar-refractivity contribution in [3.63, 3.8) is 0 Å². The van der Waals surface area contributed by atoms with Crippen LogP contribution in [0.5, 0.6) is 5.75 Å². The van der Waals surface area contributed by atoms with Gasteiger partial charge < -0.3 is 19.2 Å². The van der Waals surface area contributed by atoms with E-state index < -0.39 is 23.7 Å². The summed E-state index contributed by atoms with van der Waals surface area (Å²) in [5.41, 5.74) is 0.683. The first-order valence-corrected chi connectivity index (χ1v) is 11.0. The van der Waals surface area contributed by atoms with Gasteiger partial charge in [0.15, 0.2) is 0 Å². The van der Waals surface area contributed by atoms with Gasteiger partial charge in [0.1, 0.15) is 24.0 Å². The molecule has 34 heavy (non-hydrogen) atoms. The van der Waals surface area contributed by atoms with Gasteiger partial charge in [-0.1, -0.05) is 62.4 Å². The van der Waals surface area contributed by atoms with Crippen LogP contribution < -0.4 is 15.7 Å². The van der Waals surface area contributed by atoms with E-state index in [9.17, 15) is 14.4 Å². The lowest BCUT2D eigenvalue weighted by atomic mass is 10.0. The van der Waals surface area contributed by atoms with Crippen molar-refractivity contribution < 1.29 is 23.5 Å². The number of hydrogen-bond acceptors (Lipinski definition) is 6. The van der Waals surface area contributed by atoms with Crippen molar-refractivity contribution in [1.82, 2.24) is 5.32 Å². The number of esters is 1. The van der Waals surface area contributed by atoms with Crippen molar-refractivity contribution in [2.24, 2.45) is 5.92 Å². The fraction of sp³-hybridized carbons (Fsp3) is 0.222. The molecule has 1 aromatic heterocycles. The Kier molecular flexibility index (Phi) is 6.92. The summed E-state index contributed by atoms with van der Waals surface area (Å²) < 4.78 is 16.2. The molecule has 1 N–H and O–H groups in total. The van der Waals surface area contributed by atoms with Gasteiger partial charge in [-0.25, -0.2) is 14.4 Å². The third-order valence-electron chi connectivity index (χ3n) is 5.31. The summed E-state index contributed by atoms with van der Waals surface area (Å²) in [6.07, 6.45) is -0.338. The molecule has 0 aliphatic rings. The summed E-state index contributed by atoms with van der Waals surface area (Å²) in [5.74, 6) is -0.301. The van der Waals surface area contributed by atoms with Crippen LogP contribution in [0.2, 0.25) is 0 Å². The van der Waals surface area contributed by atoms with E-state index in [1.165, 1.54) is 6.07 Å². The minimum absolute atomic E-state index is 0.0911. The van der Waals surface area contributed by atoms with Gasteiger partial charge in [0, 0.05) is 11.5 Å². The second-order valence-electron chi connectivity index (χ2n) is 8.40. The van der Waals surface area contributed by atoms with Crippen LogP contribution in [0.1, 0.15) is 25.8 Å². The molecule has 0 saturated carbocycles. The molecule has 1 amide bonds. The highest BCUT2D eigenvalue weighted by atomic mass is 16.6. The standard InChI is InChI=1S/C27H25NO6/c1-17(2)14-23(28-27(31)32-16-18-8-4-3-5-9-18)26(30)33-19-12-13-21-20-10-6-7-11-22(20)25(29)34-24(21)15-19/h3-13,15,17,23H,14,16H2,1-2H3,(H,28,31). The van der Waals surface area contributed by atoms with Gasteiger partial charge in [-0.2, -0.15) is 0 Å². The fourth-order valence-corrected chi connectivity index (χ4v) is 3.70. The number of nitrogens with one attached hydrogen (secondary N) is 1. The Labute approximate surface area is 196 Å². The Hall–Kier alpha value is -4.13. The van der Waals surface area contributed by atoms with Crippen LogP contribution in [0.4, 0.5) is 4.79 Å². The maximum absolute atomic E-state index is 12.9. The van der Waals surface area contributed by atoms with Crippen LogP contribution in [0, 0.1) is 5.92 Å². The Morgan fingerprint density at radius 2 is 1.62 bits per heavy atom. The summed E-state index contributed by atoms with van der Waals surface area (Å²) in [5, 5.41) is 4.57. The minimum Gasteiger partial charge on any atom is -0.445 e. The van der Waals surface area contributed by atoms with E-state index in [-0.39, 0.29) is 18.3 Å². The number of carbonyl (C=O) groups is 2. The molecule has 4 aromatic rings. The molecule has 0 aliphatic carbocycles. The molecule has 0 aliphatic heterocycles. The fourth-order valence-electron chi connectivity index (χ4n) is 3.70. The zero-order chi connectivity index (χ0) is 24.1. The van der Waals surface area contributed by atoms with Crippen LogP contribution in [-0.4, -0.2) is 18.1 Å². The first-order chi connectivity index (χ1) is 16.4. The van der Waals surface area contributed by atoms with Gasteiger partial charge in [0.25, 0.3) is 0 Å². The monoisotopic (exact) mass is 459 g/mol. The van der Waals surface area contributed by atoms with Crippen LogP contribution in [0.15, 0.2) is 82.0 Å². The van der Waals surface area contributed by atoms with Crippen LogP contribution in [0.3, 0.4) is 0 Å². The summed E-state index contributed by atoms with van der Waals surface area (Å²) in [6.45, 7) is 3.97. The van der Waals surface area contributed by atoms with E-state index in [0.29, 0.717) is 17.4 Å². The predicted octanol–water partition coefficient (Wildman–Crippen LogP) is 5.19. The average Bonchev–Trinajstić information content (AvgIpc) is 2.83. The molecule has 1 heterocycles. The molecule has 0 fully saturated rings. The lowest BCUT2D eigenvalue weighted by Gasteiger charge is -2.19. The molecule has 0 radical (unpaired) electrons. The number of alkyl carbamates (subject to hydrolysis) is 1. The number of fused-ring (bicyclic) bond motifs is 3. The highest BCUT2D eigenvalue weighted by Crippen LogP contribution is 2.26. The molecule has 0 saturated heterocycles. The van der Waals surface area contributed by atoms with E-state index in [1.807, 2.05) is 56.3 Å². The smallest absolute Gasteiger partial charge is 0.408 e. The number of benzene rings is 3. The molecule has 4 rings (SSSR count). The second kappa shape index (κ2) is 10.2. The predicted molar refractivity (Wildman–Crippen MR) is 129 cm³/mol. The van der Waals surface area contributed by atoms with Crippen LogP contribution in [0.25, 0.3) is 21.7 Å². The summed E-state index contributed by atoms with van der Waals surface area (Å²) in [7, 11) is 0. The van der Waals surface area contributed by atoms with Crippen LogP contribution in [-0.2, 0) is 16.1 Å². The van der Waals surface area contributed by atoms with Gasteiger partial charge in [-0.05, 0) is 41.5 Å². The molecular weight excluding hydrogens is 434 g/mol. The van der Waals surface area contributed by atoms with Gasteiger partial charge >= 0.3 is 17.7 Å². The number of ether oxygens (including phenoxy) is 2. The van der Waals surface area contributed by atoms with Gasteiger partial charge in [0.05, 0.1) is 5.39 Å². The molecule has 1 unspecified atom stereocenters. The Morgan fingerprint density at radius 3 is 2.35 bits per heavy atom. The van der Waals surface area contributed by atoms with Crippen molar-refractivity contribution in [2.75, 3.05) is 0 Å². The average molecular weight is 459 g/mol. The van der Waals surface area contributed by atoms with Crippen molar-refractivity contribution in [3.8, 4) is 5.75 Å². The Balaban J connectivity index is 1.49. The maximum atomic E-state index is 12.9. The highest BCUT2D eigenvalue weighted by molar-refractivity contribution is 6.04. The van der Waals surface area contributed by atoms with Crippen LogP contribution >= 0.6 is 0 Å². The second-order valence-corrected chi connectivity index (χ2v) is 8.40. The van der Waals surface area contributed by atoms with E-state index >= 15 is 0 Å². The Morgan fingerprint density at radius 1 is 0.912 bits per heavy atom. The molecule has 174 valence electrons. The van der Waals surface area contributed by atoms with E-state index in [1.54, 1.807) is 24.3 Å². The number of amides is 1. The number of hydrogen-bond donors (Lipinski definition) is 1. The summed E-state index contributed by atoms with van der Waals surface area (Å²) >= 11 is 0. The highest BCUT2D eigenvalue weighted by Gasteiger charge is 2.25. The van der Waals surface area contributed by atoms with Gasteiger partial charge in [-0.15, -0.1) is 0 Å². The molecular formula is C27H25NO6. The topological polar surface area (TPSA) is 94.8 Å². The van der Waals surface area contributed by atoms with Crippen molar-refractivity contribution in [1.29, 1.82) is 0 Å². The zero-order valence-corrected chi connectivity index (χ0v) is 18.9. The third-order valence-corrected chi connectivity index (χ3v) is 5.31. The third kappa shape index (κ3) is 5.43. The molecule has 7 nitrogen and oxygen atoms in total. The normalized spacial score (nSPS) is 12.0. The molecule has 3 aromatic carbocycles. The SMILES string of the molecule is CC(C)CC(NC(=O)OCc1ccccc1)C(=O)Oc1ccc2c(c1)oc(=O)c1ccccc12. The van der Waals surface area contributed by atoms with Crippen molar-refractivity contribution >= 4 is 33.8 Å². The first-order valence-electron chi connectivity index (χ1n) is 11.0. The Bertz CT molecular complexity index is 1380. The van der Waals surface area contributed by atoms with E-state index in [2.05, 4.69) is 5.32 Å². The summed E-state index contributed by atoms with van der Waals surface area (Å²) in [4.78, 5) is 37.5. The number of carbonyl (C=O) groups excluding carboxylic acids is 2. The van der Waals surface area contributed by atoms with E-state index in [0.717, 1.165) is 16.3 Å². The van der Waals surface area contributed by atoms with Gasteiger partial charge in [-0.3, -0.25) is 0 Å². The minimum atomic E-state index is -0.900. The quantitative estimate of drug-likeness (QED) is 0.177. The molecule has 1 atom stereocenters. The van der Waals surface area contributed by atoms with Gasteiger partial charge in [0.2, 0.25) is 0 Å².